The lowest BCUT2D eigenvalue weighted by atomic mass is 10.1. The Labute approximate surface area is 92.2 Å². The SMILES string of the molecule is Cc1ccc(I)c(Br)c1C(=O)O. The number of hydrogen-bond donors (Lipinski definition) is 1. The number of carboxylic acid groups (broad SMARTS) is 1. The monoisotopic (exact) mass is 340 g/mol. The van der Waals surface area contributed by atoms with Gasteiger partial charge in [0.05, 0.1) is 5.56 Å². The highest BCUT2D eigenvalue weighted by Gasteiger charge is 2.13. The third-order valence-electron chi connectivity index (χ3n) is 1.52. The second-order valence-electron chi connectivity index (χ2n) is 2.36. The highest BCUT2D eigenvalue weighted by molar-refractivity contribution is 14.1. The number of halogens is 2. The number of benzene rings is 1. The minimum absolute atomic E-state index is 0.349. The molecule has 1 aromatic rings. The van der Waals surface area contributed by atoms with Gasteiger partial charge in [-0.05, 0) is 57.1 Å². The van der Waals surface area contributed by atoms with E-state index in [4.69, 9.17) is 5.11 Å². The summed E-state index contributed by atoms with van der Waals surface area (Å²) in [5.41, 5.74) is 1.12. The summed E-state index contributed by atoms with van der Waals surface area (Å²) < 4.78 is 1.58. The molecule has 64 valence electrons. The van der Waals surface area contributed by atoms with Crippen molar-refractivity contribution in [2.24, 2.45) is 0 Å². The van der Waals surface area contributed by atoms with Gasteiger partial charge in [-0.1, -0.05) is 6.07 Å². The van der Waals surface area contributed by atoms with Crippen molar-refractivity contribution >= 4 is 44.5 Å². The van der Waals surface area contributed by atoms with Gasteiger partial charge >= 0.3 is 5.97 Å². The zero-order valence-corrected chi connectivity index (χ0v) is 10.0. The van der Waals surface area contributed by atoms with E-state index in [-0.39, 0.29) is 0 Å². The van der Waals surface area contributed by atoms with Crippen molar-refractivity contribution < 1.29 is 9.90 Å². The molecule has 0 aliphatic rings. The first-order valence-corrected chi connectivity index (χ1v) is 5.09. The highest BCUT2D eigenvalue weighted by Crippen LogP contribution is 2.25. The van der Waals surface area contributed by atoms with Crippen LogP contribution >= 0.6 is 38.5 Å². The van der Waals surface area contributed by atoms with Crippen molar-refractivity contribution in [3.63, 3.8) is 0 Å². The minimum atomic E-state index is -0.891. The molecule has 0 aromatic heterocycles. The predicted octanol–water partition coefficient (Wildman–Crippen LogP) is 3.06. The molecular formula is C8H6BrIO2. The van der Waals surface area contributed by atoms with E-state index in [1.54, 1.807) is 13.0 Å². The third-order valence-corrected chi connectivity index (χ3v) is 3.98. The molecule has 0 spiro atoms. The summed E-state index contributed by atoms with van der Waals surface area (Å²) in [6.07, 6.45) is 0. The van der Waals surface area contributed by atoms with Gasteiger partial charge in [0, 0.05) is 8.04 Å². The molecule has 0 saturated heterocycles. The van der Waals surface area contributed by atoms with E-state index < -0.39 is 5.97 Å². The molecule has 0 atom stereocenters. The Morgan fingerprint density at radius 3 is 2.58 bits per heavy atom. The maximum atomic E-state index is 10.8. The molecule has 0 radical (unpaired) electrons. The van der Waals surface area contributed by atoms with Gasteiger partial charge in [0.2, 0.25) is 0 Å². The molecule has 0 amide bonds. The predicted molar refractivity (Wildman–Crippen MR) is 58.6 cm³/mol. The van der Waals surface area contributed by atoms with E-state index >= 15 is 0 Å². The van der Waals surface area contributed by atoms with Gasteiger partial charge in [0.1, 0.15) is 0 Å². The average Bonchev–Trinajstić information content (AvgIpc) is 1.97. The van der Waals surface area contributed by atoms with E-state index in [0.717, 1.165) is 9.13 Å². The quantitative estimate of drug-likeness (QED) is 0.798. The molecule has 0 fully saturated rings. The van der Waals surface area contributed by atoms with Gasteiger partial charge in [-0.2, -0.15) is 0 Å². The lowest BCUT2D eigenvalue weighted by Crippen LogP contribution is -2.01. The second kappa shape index (κ2) is 3.74. The van der Waals surface area contributed by atoms with Crippen molar-refractivity contribution in [3.05, 3.63) is 31.3 Å². The largest absolute Gasteiger partial charge is 0.478 e. The fourth-order valence-corrected chi connectivity index (χ4v) is 1.97. The molecule has 0 heterocycles. The van der Waals surface area contributed by atoms with Crippen LogP contribution in [0, 0.1) is 10.5 Å². The number of carboxylic acids is 1. The van der Waals surface area contributed by atoms with Crippen LogP contribution in [0.2, 0.25) is 0 Å². The maximum Gasteiger partial charge on any atom is 0.337 e. The molecule has 0 aliphatic heterocycles. The summed E-state index contributed by atoms with van der Waals surface area (Å²) in [4.78, 5) is 10.8. The summed E-state index contributed by atoms with van der Waals surface area (Å²) >= 11 is 5.33. The summed E-state index contributed by atoms with van der Waals surface area (Å²) in [6, 6.07) is 3.68. The number of hydrogen-bond acceptors (Lipinski definition) is 1. The van der Waals surface area contributed by atoms with Crippen molar-refractivity contribution in [1.82, 2.24) is 0 Å². The fraction of sp³-hybridized carbons (Fsp3) is 0.125. The molecule has 4 heteroatoms. The van der Waals surface area contributed by atoms with Crippen LogP contribution < -0.4 is 0 Å². The van der Waals surface area contributed by atoms with Crippen LogP contribution in [0.4, 0.5) is 0 Å². The summed E-state index contributed by atoms with van der Waals surface area (Å²) in [7, 11) is 0. The summed E-state index contributed by atoms with van der Waals surface area (Å²) in [6.45, 7) is 1.78. The van der Waals surface area contributed by atoms with Crippen molar-refractivity contribution in [2.75, 3.05) is 0 Å². The summed E-state index contributed by atoms with van der Waals surface area (Å²) in [5.74, 6) is -0.891. The van der Waals surface area contributed by atoms with Crippen LogP contribution in [0.15, 0.2) is 16.6 Å². The van der Waals surface area contributed by atoms with E-state index in [1.165, 1.54) is 0 Å². The average molecular weight is 341 g/mol. The Bertz CT molecular complexity index is 336. The van der Waals surface area contributed by atoms with Gasteiger partial charge in [0.15, 0.2) is 0 Å². The third kappa shape index (κ3) is 1.80. The van der Waals surface area contributed by atoms with Crippen LogP contribution in [0.25, 0.3) is 0 Å². The normalized spacial score (nSPS) is 9.92. The number of rotatable bonds is 1. The molecule has 0 aliphatic carbocycles. The van der Waals surface area contributed by atoms with Crippen LogP contribution in [0.5, 0.6) is 0 Å². The Morgan fingerprint density at radius 1 is 1.58 bits per heavy atom. The first kappa shape index (κ1) is 9.98. The van der Waals surface area contributed by atoms with E-state index in [2.05, 4.69) is 38.5 Å². The Hall–Kier alpha value is -0.100. The lowest BCUT2D eigenvalue weighted by Gasteiger charge is -2.04. The summed E-state index contributed by atoms with van der Waals surface area (Å²) in [5, 5.41) is 8.84. The molecule has 0 bridgehead atoms. The van der Waals surface area contributed by atoms with Crippen molar-refractivity contribution in [1.29, 1.82) is 0 Å². The first-order valence-electron chi connectivity index (χ1n) is 3.22. The number of aryl methyl sites for hydroxylation is 1. The van der Waals surface area contributed by atoms with Crippen LogP contribution in [0.3, 0.4) is 0 Å². The standard InChI is InChI=1S/C8H6BrIO2/c1-4-2-3-5(10)7(9)6(4)8(11)12/h2-3H,1H3,(H,11,12). The van der Waals surface area contributed by atoms with Crippen LogP contribution in [-0.2, 0) is 0 Å². The van der Waals surface area contributed by atoms with Gasteiger partial charge in [-0.3, -0.25) is 0 Å². The molecule has 1 rings (SSSR count). The van der Waals surface area contributed by atoms with E-state index in [9.17, 15) is 4.79 Å². The molecule has 1 N–H and O–H groups in total. The first-order chi connectivity index (χ1) is 5.54. The van der Waals surface area contributed by atoms with Crippen LogP contribution in [0.1, 0.15) is 15.9 Å². The molecule has 0 saturated carbocycles. The van der Waals surface area contributed by atoms with E-state index in [1.807, 2.05) is 6.07 Å². The zero-order chi connectivity index (χ0) is 9.30. The van der Waals surface area contributed by atoms with Gasteiger partial charge in [-0.15, -0.1) is 0 Å². The lowest BCUT2D eigenvalue weighted by molar-refractivity contribution is 0.0695. The highest BCUT2D eigenvalue weighted by atomic mass is 127. The Kier molecular flexibility index (Phi) is 3.11. The van der Waals surface area contributed by atoms with Gasteiger partial charge in [-0.25, -0.2) is 4.79 Å². The minimum Gasteiger partial charge on any atom is -0.478 e. The Balaban J connectivity index is 3.43. The molecular weight excluding hydrogens is 335 g/mol. The van der Waals surface area contributed by atoms with E-state index in [0.29, 0.717) is 10.0 Å². The Morgan fingerprint density at radius 2 is 2.17 bits per heavy atom. The van der Waals surface area contributed by atoms with Gasteiger partial charge < -0.3 is 5.11 Å². The van der Waals surface area contributed by atoms with Crippen molar-refractivity contribution in [3.8, 4) is 0 Å². The van der Waals surface area contributed by atoms with Gasteiger partial charge in [0.25, 0.3) is 0 Å². The topological polar surface area (TPSA) is 37.3 Å². The second-order valence-corrected chi connectivity index (χ2v) is 4.31. The maximum absolute atomic E-state index is 10.8. The molecule has 1 aromatic carbocycles. The van der Waals surface area contributed by atoms with Crippen LogP contribution in [-0.4, -0.2) is 11.1 Å². The molecule has 12 heavy (non-hydrogen) atoms. The number of carbonyl (C=O) groups is 1. The zero-order valence-electron chi connectivity index (χ0n) is 6.27. The fourth-order valence-electron chi connectivity index (χ4n) is 0.910. The smallest absolute Gasteiger partial charge is 0.337 e. The van der Waals surface area contributed by atoms with Crippen molar-refractivity contribution in [2.45, 2.75) is 6.92 Å². The molecule has 2 nitrogen and oxygen atoms in total. The molecule has 0 unspecified atom stereocenters. The number of aromatic carboxylic acids is 1.